The first kappa shape index (κ1) is 24.7. The molecule has 0 bridgehead atoms. The van der Waals surface area contributed by atoms with Crippen LogP contribution in [0, 0.1) is 17.0 Å². The van der Waals surface area contributed by atoms with E-state index in [1.807, 2.05) is 0 Å². The molecule has 33 heavy (non-hydrogen) atoms. The summed E-state index contributed by atoms with van der Waals surface area (Å²) in [6.07, 6.45) is -2.63. The van der Waals surface area contributed by atoms with Gasteiger partial charge in [0.05, 0.1) is 28.2 Å². The third-order valence-electron chi connectivity index (χ3n) is 4.93. The van der Waals surface area contributed by atoms with Crippen LogP contribution in [-0.4, -0.2) is 51.2 Å². The monoisotopic (exact) mass is 503 g/mol. The lowest BCUT2D eigenvalue weighted by Crippen LogP contribution is -2.33. The van der Waals surface area contributed by atoms with Crippen molar-refractivity contribution in [3.63, 3.8) is 0 Å². The van der Waals surface area contributed by atoms with Gasteiger partial charge in [-0.3, -0.25) is 24.5 Å². The molecule has 1 aliphatic rings. The number of hydrogen-bond donors (Lipinski definition) is 2. The molecule has 2 aromatic rings. The normalized spacial score (nSPS) is 19.9. The smallest absolute Gasteiger partial charge is 0.434 e. The van der Waals surface area contributed by atoms with Crippen LogP contribution < -0.4 is 11.2 Å². The predicted molar refractivity (Wildman–Crippen MR) is 115 cm³/mol. The molecule has 1 fully saturated rings. The van der Waals surface area contributed by atoms with Crippen LogP contribution in [-0.2, 0) is 20.6 Å². The minimum Gasteiger partial charge on any atom is -0.434 e. The van der Waals surface area contributed by atoms with E-state index < -0.39 is 40.8 Å². The maximum Gasteiger partial charge on any atom is 0.508 e. The average Bonchev–Trinajstić information content (AvgIpc) is 3.10. The number of rotatable bonds is 7. The van der Waals surface area contributed by atoms with E-state index in [1.165, 1.54) is 19.2 Å². The number of aromatic nitrogens is 2. The Hall–Kier alpha value is -2.93. The number of H-pyrrole nitrogens is 1. The molecule has 1 aliphatic heterocycles. The van der Waals surface area contributed by atoms with Gasteiger partial charge in [-0.15, -0.1) is 0 Å². The van der Waals surface area contributed by atoms with Crippen molar-refractivity contribution in [1.29, 1.82) is 0 Å². The van der Waals surface area contributed by atoms with Crippen molar-refractivity contribution >= 4 is 35.0 Å². The maximum absolute atomic E-state index is 12.0. The number of benzene rings is 1. The van der Waals surface area contributed by atoms with Crippen molar-refractivity contribution in [2.24, 2.45) is 0 Å². The molecule has 0 aliphatic carbocycles. The number of halogens is 2. The van der Waals surface area contributed by atoms with Crippen molar-refractivity contribution in [3.05, 3.63) is 70.5 Å². The van der Waals surface area contributed by atoms with Crippen LogP contribution in [0.4, 0.5) is 10.5 Å². The number of aromatic amines is 1. The van der Waals surface area contributed by atoms with Gasteiger partial charge in [0, 0.05) is 35.7 Å². The predicted octanol–water partition coefficient (Wildman–Crippen LogP) is 2.10. The summed E-state index contributed by atoms with van der Waals surface area (Å²) in [7, 11) is 0. The Kier molecular flexibility index (Phi) is 7.74. The fourth-order valence-corrected chi connectivity index (χ4v) is 3.84. The lowest BCUT2D eigenvalue weighted by Gasteiger charge is -2.16. The summed E-state index contributed by atoms with van der Waals surface area (Å²) >= 11 is 11.8. The van der Waals surface area contributed by atoms with Crippen LogP contribution >= 0.6 is 23.2 Å². The molecule has 1 unspecified atom stereocenters. The largest absolute Gasteiger partial charge is 0.508 e. The number of nitro groups is 1. The van der Waals surface area contributed by atoms with Crippen LogP contribution in [0.5, 0.6) is 0 Å². The number of aliphatic hydroxyl groups excluding tert-OH is 1. The SMILES string of the molecule is Cc1cn([C@H]2CC(O)[C@@H](COC(=O)OCCc3c(Cl)cc(Cl)cc3[N+](=O)[O-])O2)c(=O)[nH]c1=O. The zero-order valence-corrected chi connectivity index (χ0v) is 18.7. The zero-order chi connectivity index (χ0) is 24.3. The summed E-state index contributed by atoms with van der Waals surface area (Å²) in [4.78, 5) is 48.0. The van der Waals surface area contributed by atoms with Gasteiger partial charge >= 0.3 is 11.8 Å². The van der Waals surface area contributed by atoms with E-state index in [0.717, 1.165) is 10.6 Å². The standard InChI is InChI=1S/C19H19Cl2N3O9/c1-9-7-23(18(27)22-17(9)26)16-6-14(25)15(33-16)8-32-19(28)31-3-2-11-12(21)4-10(20)5-13(11)24(29)30/h4-5,7,14-16,25H,2-3,6,8H2,1H3,(H,22,26,27)/t14?,15-,16-/m1/s1. The number of aliphatic hydroxyl groups is 1. The molecule has 2 heterocycles. The number of hydrogen-bond acceptors (Lipinski definition) is 9. The molecule has 12 nitrogen and oxygen atoms in total. The summed E-state index contributed by atoms with van der Waals surface area (Å²) in [6, 6.07) is 2.49. The molecule has 0 amide bonds. The quantitative estimate of drug-likeness (QED) is 0.327. The molecular weight excluding hydrogens is 485 g/mol. The summed E-state index contributed by atoms with van der Waals surface area (Å²) in [6.45, 7) is 0.891. The van der Waals surface area contributed by atoms with E-state index in [0.29, 0.717) is 0 Å². The fraction of sp³-hybridized carbons (Fsp3) is 0.421. The van der Waals surface area contributed by atoms with Crippen molar-refractivity contribution in [3.8, 4) is 0 Å². The fourth-order valence-electron chi connectivity index (χ4n) is 3.26. The van der Waals surface area contributed by atoms with Crippen molar-refractivity contribution in [1.82, 2.24) is 9.55 Å². The number of nitrogens with zero attached hydrogens (tertiary/aromatic N) is 2. The van der Waals surface area contributed by atoms with E-state index in [9.17, 15) is 29.6 Å². The van der Waals surface area contributed by atoms with E-state index in [-0.39, 0.29) is 52.9 Å². The van der Waals surface area contributed by atoms with Gasteiger partial charge in [0.15, 0.2) is 0 Å². The Labute approximate surface area is 195 Å². The van der Waals surface area contributed by atoms with E-state index >= 15 is 0 Å². The van der Waals surface area contributed by atoms with Crippen molar-refractivity contribution in [2.45, 2.75) is 38.2 Å². The molecule has 3 rings (SSSR count). The number of ether oxygens (including phenoxy) is 3. The summed E-state index contributed by atoms with van der Waals surface area (Å²) in [5.74, 6) is 0. The molecule has 14 heteroatoms. The lowest BCUT2D eigenvalue weighted by molar-refractivity contribution is -0.385. The van der Waals surface area contributed by atoms with Gasteiger partial charge in [-0.2, -0.15) is 0 Å². The second-order valence-electron chi connectivity index (χ2n) is 7.21. The molecule has 3 atom stereocenters. The average molecular weight is 504 g/mol. The second kappa shape index (κ2) is 10.3. The number of carbonyl (C=O) groups is 1. The molecule has 2 N–H and O–H groups in total. The highest BCUT2D eigenvalue weighted by Crippen LogP contribution is 2.31. The van der Waals surface area contributed by atoms with E-state index in [1.54, 1.807) is 0 Å². The first-order chi connectivity index (χ1) is 15.6. The molecule has 0 spiro atoms. The van der Waals surface area contributed by atoms with Crippen molar-refractivity contribution in [2.75, 3.05) is 13.2 Å². The van der Waals surface area contributed by atoms with Gasteiger partial charge < -0.3 is 19.3 Å². The maximum atomic E-state index is 12.0. The number of nitro benzene ring substituents is 1. The topological polar surface area (TPSA) is 163 Å². The molecule has 1 aromatic heterocycles. The van der Waals surface area contributed by atoms with E-state index in [4.69, 9.17) is 37.4 Å². The molecule has 0 saturated carbocycles. The molecule has 178 valence electrons. The summed E-state index contributed by atoms with van der Waals surface area (Å²) in [5, 5.41) is 21.5. The first-order valence-corrected chi connectivity index (χ1v) is 10.4. The van der Waals surface area contributed by atoms with Gasteiger partial charge in [0.1, 0.15) is 18.9 Å². The zero-order valence-electron chi connectivity index (χ0n) is 17.2. The number of aryl methyl sites for hydroxylation is 1. The number of nitrogens with one attached hydrogen (secondary N) is 1. The Morgan fingerprint density at radius 1 is 1.36 bits per heavy atom. The summed E-state index contributed by atoms with van der Waals surface area (Å²) < 4.78 is 16.6. The highest BCUT2D eigenvalue weighted by atomic mass is 35.5. The van der Waals surface area contributed by atoms with E-state index in [2.05, 4.69) is 4.98 Å². The Bertz CT molecular complexity index is 1180. The van der Waals surface area contributed by atoms with Crippen molar-refractivity contribution < 1.29 is 29.0 Å². The lowest BCUT2D eigenvalue weighted by atomic mass is 10.1. The van der Waals surface area contributed by atoms with Gasteiger partial charge in [-0.1, -0.05) is 23.2 Å². The van der Waals surface area contributed by atoms with Crippen LogP contribution in [0.1, 0.15) is 23.8 Å². The van der Waals surface area contributed by atoms with Crippen LogP contribution in [0.3, 0.4) is 0 Å². The third kappa shape index (κ3) is 5.90. The second-order valence-corrected chi connectivity index (χ2v) is 8.06. The van der Waals surface area contributed by atoms with Gasteiger partial charge in [-0.25, -0.2) is 9.59 Å². The van der Waals surface area contributed by atoms with Crippen LogP contribution in [0.25, 0.3) is 0 Å². The molecule has 1 aromatic carbocycles. The third-order valence-corrected chi connectivity index (χ3v) is 5.49. The minimum absolute atomic E-state index is 0.0349. The Morgan fingerprint density at radius 2 is 2.09 bits per heavy atom. The Balaban J connectivity index is 1.52. The Morgan fingerprint density at radius 3 is 2.79 bits per heavy atom. The highest BCUT2D eigenvalue weighted by molar-refractivity contribution is 6.35. The first-order valence-electron chi connectivity index (χ1n) is 9.64. The summed E-state index contributed by atoms with van der Waals surface area (Å²) in [5.41, 5.74) is -1.08. The minimum atomic E-state index is -1.08. The molecule has 0 radical (unpaired) electrons. The van der Waals surface area contributed by atoms with Crippen LogP contribution in [0.15, 0.2) is 27.9 Å². The number of carbonyl (C=O) groups excluding carboxylic acids is 1. The van der Waals surface area contributed by atoms with Gasteiger partial charge in [-0.05, 0) is 13.0 Å². The van der Waals surface area contributed by atoms with Gasteiger partial charge in [0.25, 0.3) is 11.2 Å². The highest BCUT2D eigenvalue weighted by Gasteiger charge is 2.36. The van der Waals surface area contributed by atoms with Crippen LogP contribution in [0.2, 0.25) is 10.0 Å². The molecular formula is C19H19Cl2N3O9. The molecule has 1 saturated heterocycles. The van der Waals surface area contributed by atoms with Gasteiger partial charge in [0.2, 0.25) is 0 Å².